The summed E-state index contributed by atoms with van der Waals surface area (Å²) in [5.41, 5.74) is 0.605. The molecule has 1 fully saturated rings. The van der Waals surface area contributed by atoms with Crippen molar-refractivity contribution in [1.29, 1.82) is 0 Å². The van der Waals surface area contributed by atoms with E-state index in [0.717, 1.165) is 12.0 Å². The van der Waals surface area contributed by atoms with Crippen LogP contribution >= 0.6 is 0 Å². The number of methoxy groups -OCH3 is 1. The van der Waals surface area contributed by atoms with E-state index in [9.17, 15) is 14.4 Å². The number of carbonyl (C=O) groups is 2. The van der Waals surface area contributed by atoms with Gasteiger partial charge in [0.25, 0.3) is 17.4 Å². The van der Waals surface area contributed by atoms with Gasteiger partial charge in [0.1, 0.15) is 11.3 Å². The average Bonchev–Trinajstić information content (AvgIpc) is 3.37. The van der Waals surface area contributed by atoms with Crippen LogP contribution in [0.1, 0.15) is 39.6 Å². The van der Waals surface area contributed by atoms with E-state index in [-0.39, 0.29) is 29.6 Å². The maximum atomic E-state index is 12.7. The van der Waals surface area contributed by atoms with Crippen LogP contribution in [-0.2, 0) is 6.54 Å². The number of carbonyl (C=O) groups excluding carboxylic acids is 2. The van der Waals surface area contributed by atoms with Crippen molar-refractivity contribution >= 4 is 11.8 Å². The molecule has 2 atom stereocenters. The molecule has 7 nitrogen and oxygen atoms in total. The number of rotatable bonds is 6. The molecule has 2 aromatic rings. The van der Waals surface area contributed by atoms with Gasteiger partial charge in [0.2, 0.25) is 0 Å². The number of nitrogens with zero attached hydrogens (tertiary/aromatic N) is 1. The number of amides is 2. The molecule has 0 bridgehead atoms. The molecule has 1 heterocycles. The predicted octanol–water partition coefficient (Wildman–Crippen LogP) is 1.40. The monoisotopic (exact) mass is 369 g/mol. The smallest absolute Gasteiger partial charge is 0.263 e. The third-order valence-electron chi connectivity index (χ3n) is 4.73. The topological polar surface area (TPSA) is 89.4 Å². The van der Waals surface area contributed by atoms with Gasteiger partial charge < -0.3 is 19.9 Å². The van der Waals surface area contributed by atoms with Gasteiger partial charge in [-0.1, -0.05) is 19.1 Å². The van der Waals surface area contributed by atoms with Crippen LogP contribution in [0.4, 0.5) is 0 Å². The first-order valence-electron chi connectivity index (χ1n) is 8.83. The van der Waals surface area contributed by atoms with Crippen molar-refractivity contribution in [2.75, 3.05) is 14.2 Å². The Kier molecular flexibility index (Phi) is 5.30. The molecule has 3 rings (SSSR count). The molecule has 0 spiro atoms. The number of hydrogen-bond acceptors (Lipinski definition) is 4. The summed E-state index contributed by atoms with van der Waals surface area (Å²) in [5.74, 6) is 0.321. The highest BCUT2D eigenvalue weighted by Crippen LogP contribution is 2.29. The van der Waals surface area contributed by atoms with Gasteiger partial charge in [0.05, 0.1) is 19.2 Å². The quantitative estimate of drug-likeness (QED) is 0.806. The van der Waals surface area contributed by atoms with Crippen LogP contribution in [0, 0.1) is 5.92 Å². The normalized spacial score (nSPS) is 17.9. The van der Waals surface area contributed by atoms with E-state index in [1.807, 2.05) is 24.3 Å². The third kappa shape index (κ3) is 4.19. The third-order valence-corrected chi connectivity index (χ3v) is 4.73. The first-order valence-corrected chi connectivity index (χ1v) is 8.83. The number of hydrogen-bond donors (Lipinski definition) is 2. The van der Waals surface area contributed by atoms with Crippen LogP contribution in [0.2, 0.25) is 0 Å². The lowest BCUT2D eigenvalue weighted by molar-refractivity contribution is 0.0948. The molecule has 27 heavy (non-hydrogen) atoms. The Labute approximate surface area is 157 Å². The van der Waals surface area contributed by atoms with Crippen molar-refractivity contribution in [2.24, 2.45) is 5.92 Å². The highest BCUT2D eigenvalue weighted by molar-refractivity contribution is 5.99. The summed E-state index contributed by atoms with van der Waals surface area (Å²) in [6.07, 6.45) is 2.44. The number of ether oxygens (including phenoxy) is 1. The summed E-state index contributed by atoms with van der Waals surface area (Å²) in [6, 6.07) is 8.80. The SMILES string of the molecule is CNC(=O)c1cc(C(=O)N[C@@H]2C[C@H]2C)cn(Cc2cccc(OC)c2)c1=O. The summed E-state index contributed by atoms with van der Waals surface area (Å²) in [7, 11) is 3.02. The average molecular weight is 369 g/mol. The Morgan fingerprint density at radius 2 is 2.00 bits per heavy atom. The molecule has 1 aliphatic carbocycles. The van der Waals surface area contributed by atoms with Gasteiger partial charge in [0.15, 0.2) is 0 Å². The van der Waals surface area contributed by atoms with E-state index in [1.165, 1.54) is 23.9 Å². The number of benzene rings is 1. The number of aromatic nitrogens is 1. The Balaban J connectivity index is 1.97. The van der Waals surface area contributed by atoms with E-state index in [4.69, 9.17) is 4.74 Å². The molecule has 1 saturated carbocycles. The largest absolute Gasteiger partial charge is 0.497 e. The van der Waals surface area contributed by atoms with Crippen LogP contribution < -0.4 is 20.9 Å². The van der Waals surface area contributed by atoms with Gasteiger partial charge in [-0.05, 0) is 36.1 Å². The molecular formula is C20H23N3O4. The summed E-state index contributed by atoms with van der Waals surface area (Å²) < 4.78 is 6.59. The fourth-order valence-electron chi connectivity index (χ4n) is 2.92. The van der Waals surface area contributed by atoms with E-state index >= 15 is 0 Å². The standard InChI is InChI=1S/C20H23N3O4/c1-12-7-17(12)22-18(24)14-9-16(19(25)21-2)20(26)23(11-14)10-13-5-4-6-15(8-13)27-3/h4-6,8-9,11-12,17H,7,10H2,1-3H3,(H,21,25)(H,22,24)/t12-,17-/m1/s1. The lowest BCUT2D eigenvalue weighted by Gasteiger charge is -2.12. The zero-order valence-corrected chi connectivity index (χ0v) is 15.6. The molecule has 0 radical (unpaired) electrons. The number of nitrogens with one attached hydrogen (secondary N) is 2. The molecule has 2 N–H and O–H groups in total. The minimum Gasteiger partial charge on any atom is -0.497 e. The second-order valence-corrected chi connectivity index (χ2v) is 6.80. The summed E-state index contributed by atoms with van der Waals surface area (Å²) in [4.78, 5) is 37.4. The first kappa shape index (κ1) is 18.7. The zero-order valence-electron chi connectivity index (χ0n) is 15.6. The summed E-state index contributed by atoms with van der Waals surface area (Å²) in [6.45, 7) is 2.28. The van der Waals surface area contributed by atoms with Crippen molar-refractivity contribution in [3.05, 3.63) is 63.6 Å². The highest BCUT2D eigenvalue weighted by atomic mass is 16.5. The van der Waals surface area contributed by atoms with Gasteiger partial charge in [0, 0.05) is 19.3 Å². The lowest BCUT2D eigenvalue weighted by atomic mass is 10.1. The molecule has 2 amide bonds. The van der Waals surface area contributed by atoms with Crippen molar-refractivity contribution in [3.63, 3.8) is 0 Å². The van der Waals surface area contributed by atoms with Gasteiger partial charge in [-0.3, -0.25) is 14.4 Å². The molecule has 1 aromatic carbocycles. The Bertz CT molecular complexity index is 935. The molecule has 0 aliphatic heterocycles. The van der Waals surface area contributed by atoms with E-state index < -0.39 is 11.5 Å². The maximum absolute atomic E-state index is 12.7. The fraction of sp³-hybridized carbons (Fsp3) is 0.350. The van der Waals surface area contributed by atoms with Crippen molar-refractivity contribution < 1.29 is 14.3 Å². The number of pyridine rings is 1. The highest BCUT2D eigenvalue weighted by Gasteiger charge is 2.34. The Morgan fingerprint density at radius 1 is 1.26 bits per heavy atom. The lowest BCUT2D eigenvalue weighted by Crippen LogP contribution is -2.34. The Morgan fingerprint density at radius 3 is 2.63 bits per heavy atom. The molecule has 1 aliphatic rings. The minimum absolute atomic E-state index is 0.0584. The summed E-state index contributed by atoms with van der Waals surface area (Å²) >= 11 is 0. The minimum atomic E-state index is -0.520. The van der Waals surface area contributed by atoms with Gasteiger partial charge >= 0.3 is 0 Å². The predicted molar refractivity (Wildman–Crippen MR) is 101 cm³/mol. The first-order chi connectivity index (χ1) is 12.9. The van der Waals surface area contributed by atoms with Crippen LogP contribution in [0.5, 0.6) is 5.75 Å². The second kappa shape index (κ2) is 7.65. The molecule has 7 heteroatoms. The van der Waals surface area contributed by atoms with Crippen molar-refractivity contribution in [2.45, 2.75) is 25.9 Å². The second-order valence-electron chi connectivity index (χ2n) is 6.80. The molecular weight excluding hydrogens is 346 g/mol. The fourth-order valence-corrected chi connectivity index (χ4v) is 2.92. The van der Waals surface area contributed by atoms with Crippen molar-refractivity contribution in [1.82, 2.24) is 15.2 Å². The maximum Gasteiger partial charge on any atom is 0.263 e. The summed E-state index contributed by atoms with van der Waals surface area (Å²) in [5, 5.41) is 5.38. The van der Waals surface area contributed by atoms with Crippen LogP contribution in [-0.4, -0.2) is 36.6 Å². The van der Waals surface area contributed by atoms with Gasteiger partial charge in [-0.2, -0.15) is 0 Å². The Hall–Kier alpha value is -3.09. The van der Waals surface area contributed by atoms with E-state index in [1.54, 1.807) is 7.11 Å². The van der Waals surface area contributed by atoms with Gasteiger partial charge in [-0.15, -0.1) is 0 Å². The van der Waals surface area contributed by atoms with Crippen LogP contribution in [0.15, 0.2) is 41.3 Å². The molecule has 0 saturated heterocycles. The van der Waals surface area contributed by atoms with E-state index in [0.29, 0.717) is 11.7 Å². The van der Waals surface area contributed by atoms with Crippen LogP contribution in [0.25, 0.3) is 0 Å². The molecule has 1 aromatic heterocycles. The zero-order chi connectivity index (χ0) is 19.6. The molecule has 0 unspecified atom stereocenters. The molecule has 142 valence electrons. The van der Waals surface area contributed by atoms with Crippen molar-refractivity contribution in [3.8, 4) is 5.75 Å². The van der Waals surface area contributed by atoms with Crippen LogP contribution in [0.3, 0.4) is 0 Å². The van der Waals surface area contributed by atoms with Gasteiger partial charge in [-0.25, -0.2) is 0 Å². The van der Waals surface area contributed by atoms with E-state index in [2.05, 4.69) is 17.6 Å².